The highest BCUT2D eigenvalue weighted by Crippen LogP contribution is 2.34. The highest BCUT2D eigenvalue weighted by molar-refractivity contribution is 8.15. The number of amides is 1. The predicted octanol–water partition coefficient (Wildman–Crippen LogP) is 2.95. The second-order valence-electron chi connectivity index (χ2n) is 6.71. The lowest BCUT2D eigenvalue weighted by Crippen LogP contribution is -2.22. The first-order chi connectivity index (χ1) is 13.4. The molecule has 0 aromatic heterocycles. The molecular weight excluding hydrogens is 418 g/mol. The van der Waals surface area contributed by atoms with Crippen LogP contribution in [0.4, 0.5) is 5.69 Å². The third kappa shape index (κ3) is 4.34. The van der Waals surface area contributed by atoms with Gasteiger partial charge in [-0.25, -0.2) is 8.42 Å². The van der Waals surface area contributed by atoms with E-state index in [-0.39, 0.29) is 28.7 Å². The average Bonchev–Trinajstić information content (AvgIpc) is 3.14. The van der Waals surface area contributed by atoms with Crippen molar-refractivity contribution in [3.8, 4) is 0 Å². The van der Waals surface area contributed by atoms with Crippen LogP contribution in [0.2, 0.25) is 5.02 Å². The Bertz CT molecular complexity index is 1040. The van der Waals surface area contributed by atoms with E-state index in [1.807, 2.05) is 18.2 Å². The van der Waals surface area contributed by atoms with Gasteiger partial charge in [0.15, 0.2) is 15.0 Å². The molecule has 2 atom stereocenters. The summed E-state index contributed by atoms with van der Waals surface area (Å²) in [5, 5.41) is 7.40. The Hall–Kier alpha value is -2.03. The van der Waals surface area contributed by atoms with E-state index in [0.29, 0.717) is 17.1 Å². The molecule has 4 rings (SSSR count). The Morgan fingerprint density at radius 3 is 2.61 bits per heavy atom. The topological polar surface area (TPSA) is 87.6 Å². The molecule has 6 nitrogen and oxygen atoms in total. The molecule has 146 valence electrons. The van der Waals surface area contributed by atoms with E-state index in [0.717, 1.165) is 16.4 Å². The summed E-state index contributed by atoms with van der Waals surface area (Å²) in [4.78, 5) is 16.8. The number of thioether (sulfide) groups is 1. The molecule has 0 aliphatic carbocycles. The summed E-state index contributed by atoms with van der Waals surface area (Å²) >= 11 is 7.56. The van der Waals surface area contributed by atoms with Crippen LogP contribution in [-0.4, -0.2) is 42.3 Å². The Kier molecular flexibility index (Phi) is 5.35. The van der Waals surface area contributed by atoms with Crippen molar-refractivity contribution < 1.29 is 13.2 Å². The highest BCUT2D eigenvalue weighted by Gasteiger charge is 2.42. The van der Waals surface area contributed by atoms with Crippen LogP contribution in [0.3, 0.4) is 0 Å². The first kappa shape index (κ1) is 19.3. The van der Waals surface area contributed by atoms with Gasteiger partial charge in [0.05, 0.1) is 17.5 Å². The molecule has 0 bridgehead atoms. The van der Waals surface area contributed by atoms with Crippen LogP contribution in [0.5, 0.6) is 0 Å². The summed E-state index contributed by atoms with van der Waals surface area (Å²) in [5.41, 5.74) is 2.21. The number of rotatable bonds is 4. The van der Waals surface area contributed by atoms with E-state index in [4.69, 9.17) is 11.6 Å². The molecule has 2 aromatic rings. The highest BCUT2D eigenvalue weighted by atomic mass is 35.5. The minimum atomic E-state index is -2.95. The number of hydrogen-bond acceptors (Lipinski definition) is 6. The largest absolute Gasteiger partial charge is 0.348 e. The van der Waals surface area contributed by atoms with E-state index in [9.17, 15) is 13.2 Å². The van der Waals surface area contributed by atoms with Crippen molar-refractivity contribution in [2.75, 3.05) is 16.8 Å². The molecule has 2 N–H and O–H groups in total. The molecule has 1 amide bonds. The van der Waals surface area contributed by atoms with Gasteiger partial charge in [0.2, 0.25) is 0 Å². The molecule has 28 heavy (non-hydrogen) atoms. The van der Waals surface area contributed by atoms with Gasteiger partial charge in [-0.3, -0.25) is 9.79 Å². The second kappa shape index (κ2) is 7.77. The van der Waals surface area contributed by atoms with Gasteiger partial charge in [0.25, 0.3) is 5.91 Å². The lowest BCUT2D eigenvalue weighted by molar-refractivity contribution is 0.0951. The van der Waals surface area contributed by atoms with Crippen molar-refractivity contribution in [1.29, 1.82) is 0 Å². The fourth-order valence-corrected chi connectivity index (χ4v) is 7.04. The maximum Gasteiger partial charge on any atom is 0.251 e. The normalized spacial score (nSPS) is 22.4. The summed E-state index contributed by atoms with van der Waals surface area (Å²) in [5.74, 6) is 0.126. The second-order valence-corrected chi connectivity index (χ2v) is 10.5. The molecule has 1 saturated heterocycles. The fraction of sp³-hybridized carbons (Fsp3) is 0.263. The summed E-state index contributed by atoms with van der Waals surface area (Å²) in [6.07, 6.45) is 0. The van der Waals surface area contributed by atoms with Crippen molar-refractivity contribution in [3.63, 3.8) is 0 Å². The number of anilines is 1. The average molecular weight is 436 g/mol. The summed E-state index contributed by atoms with van der Waals surface area (Å²) in [6.45, 7) is 0.359. The van der Waals surface area contributed by atoms with Crippen LogP contribution >= 0.6 is 23.4 Å². The lowest BCUT2D eigenvalue weighted by atomic mass is 10.1. The van der Waals surface area contributed by atoms with Crippen LogP contribution in [-0.2, 0) is 16.4 Å². The molecular formula is C19H18ClN3O3S2. The maximum absolute atomic E-state index is 12.3. The van der Waals surface area contributed by atoms with Crippen LogP contribution in [0.1, 0.15) is 15.9 Å². The summed E-state index contributed by atoms with van der Waals surface area (Å²) < 4.78 is 23.2. The van der Waals surface area contributed by atoms with E-state index in [1.54, 1.807) is 30.3 Å². The monoisotopic (exact) mass is 435 g/mol. The smallest absolute Gasteiger partial charge is 0.251 e. The van der Waals surface area contributed by atoms with Gasteiger partial charge in [0, 0.05) is 28.1 Å². The molecule has 0 spiro atoms. The van der Waals surface area contributed by atoms with Crippen LogP contribution in [0.15, 0.2) is 53.5 Å². The van der Waals surface area contributed by atoms with Crippen molar-refractivity contribution in [2.24, 2.45) is 4.99 Å². The molecule has 2 aromatic carbocycles. The predicted molar refractivity (Wildman–Crippen MR) is 114 cm³/mol. The number of aliphatic imine (C=N–C) groups is 1. The van der Waals surface area contributed by atoms with Crippen molar-refractivity contribution >= 4 is 50.0 Å². The molecule has 2 aliphatic rings. The molecule has 2 aliphatic heterocycles. The van der Waals surface area contributed by atoms with Crippen molar-refractivity contribution in [2.45, 2.75) is 17.8 Å². The number of carbonyl (C=O) groups excluding carboxylic acids is 1. The molecule has 0 unspecified atom stereocenters. The van der Waals surface area contributed by atoms with E-state index < -0.39 is 9.84 Å². The standard InChI is InChI=1S/C19H18ClN3O3S2/c20-15-4-2-1-3-13(15)9-21-18(24)12-5-7-14(8-6-12)22-19-23-16-10-28(25,26)11-17(16)27-19/h1-8,16-17H,9-11H2,(H,21,24)(H,22,23)/t16-,17-/m1/s1. The van der Waals surface area contributed by atoms with Gasteiger partial charge in [-0.05, 0) is 35.9 Å². The molecule has 9 heteroatoms. The quantitative estimate of drug-likeness (QED) is 0.770. The minimum Gasteiger partial charge on any atom is -0.348 e. The van der Waals surface area contributed by atoms with E-state index in [2.05, 4.69) is 15.6 Å². The number of carbonyl (C=O) groups is 1. The molecule has 2 heterocycles. The Morgan fingerprint density at radius 2 is 1.89 bits per heavy atom. The van der Waals surface area contributed by atoms with Crippen molar-refractivity contribution in [3.05, 3.63) is 64.7 Å². The summed E-state index contributed by atoms with van der Waals surface area (Å²) in [6, 6.07) is 14.3. The van der Waals surface area contributed by atoms with Crippen LogP contribution in [0, 0.1) is 0 Å². The SMILES string of the molecule is O=C(NCc1ccccc1Cl)c1ccc(NC2=N[C@@H]3CS(=O)(=O)C[C@H]3S2)cc1. The number of amidine groups is 1. The van der Waals surface area contributed by atoms with Gasteiger partial charge in [-0.15, -0.1) is 0 Å². The zero-order chi connectivity index (χ0) is 19.7. The van der Waals surface area contributed by atoms with Gasteiger partial charge < -0.3 is 10.6 Å². The third-order valence-electron chi connectivity index (χ3n) is 4.61. The zero-order valence-corrected chi connectivity index (χ0v) is 17.2. The molecule has 0 radical (unpaired) electrons. The van der Waals surface area contributed by atoms with Gasteiger partial charge in [0.1, 0.15) is 0 Å². The van der Waals surface area contributed by atoms with Gasteiger partial charge in [-0.2, -0.15) is 0 Å². The van der Waals surface area contributed by atoms with Gasteiger partial charge >= 0.3 is 0 Å². The maximum atomic E-state index is 12.3. The summed E-state index contributed by atoms with van der Waals surface area (Å²) in [7, 11) is -2.95. The Balaban J connectivity index is 1.34. The zero-order valence-electron chi connectivity index (χ0n) is 14.8. The third-order valence-corrected chi connectivity index (χ3v) is 8.12. The number of nitrogens with one attached hydrogen (secondary N) is 2. The fourth-order valence-electron chi connectivity index (χ4n) is 3.16. The van der Waals surface area contributed by atoms with Crippen molar-refractivity contribution in [1.82, 2.24) is 5.32 Å². The first-order valence-corrected chi connectivity index (χ1v) is 11.8. The number of nitrogens with zero attached hydrogens (tertiary/aromatic N) is 1. The number of halogens is 1. The number of benzene rings is 2. The number of sulfone groups is 1. The Labute approximate surface area is 172 Å². The first-order valence-electron chi connectivity index (χ1n) is 8.73. The minimum absolute atomic E-state index is 0.00219. The van der Waals surface area contributed by atoms with Gasteiger partial charge in [-0.1, -0.05) is 41.6 Å². The molecule has 0 saturated carbocycles. The number of fused-ring (bicyclic) bond motifs is 1. The van der Waals surface area contributed by atoms with Crippen LogP contribution < -0.4 is 10.6 Å². The van der Waals surface area contributed by atoms with E-state index >= 15 is 0 Å². The van der Waals surface area contributed by atoms with Crippen LogP contribution in [0.25, 0.3) is 0 Å². The lowest BCUT2D eigenvalue weighted by Gasteiger charge is -2.09. The van der Waals surface area contributed by atoms with E-state index in [1.165, 1.54) is 11.8 Å². The number of hydrogen-bond donors (Lipinski definition) is 2. The molecule has 1 fully saturated rings. The Morgan fingerprint density at radius 1 is 1.14 bits per heavy atom.